The van der Waals surface area contributed by atoms with Crippen LogP contribution in [-0.2, 0) is 4.74 Å². The molecule has 130 valence electrons. The number of carbonyl (C=O) groups excluding carboxylic acids is 1. The molecule has 2 aliphatic heterocycles. The minimum Gasteiger partial charge on any atom is -0.444 e. The van der Waals surface area contributed by atoms with Gasteiger partial charge in [0.2, 0.25) is 0 Å². The van der Waals surface area contributed by atoms with Gasteiger partial charge in [-0.1, -0.05) is 0 Å². The quantitative estimate of drug-likeness (QED) is 0.737. The van der Waals surface area contributed by atoms with Crippen LogP contribution < -0.4 is 11.1 Å². The van der Waals surface area contributed by atoms with E-state index in [0.29, 0.717) is 13.1 Å². The molecule has 3 rings (SSSR count). The topological polar surface area (TPSA) is 95.7 Å². The first-order valence-electron chi connectivity index (χ1n) is 8.29. The van der Waals surface area contributed by atoms with E-state index in [2.05, 4.69) is 15.3 Å². The number of ether oxygens (including phenoxy) is 1. The fourth-order valence-corrected chi connectivity index (χ4v) is 3.07. The molecule has 4 N–H and O–H groups in total. The van der Waals surface area contributed by atoms with Gasteiger partial charge in [0.15, 0.2) is 0 Å². The maximum atomic E-state index is 12.3. The van der Waals surface area contributed by atoms with Crippen LogP contribution in [0.1, 0.15) is 39.2 Å². The van der Waals surface area contributed by atoms with Gasteiger partial charge in [0.05, 0.1) is 12.0 Å². The van der Waals surface area contributed by atoms with Crippen molar-refractivity contribution in [2.45, 2.75) is 39.2 Å². The van der Waals surface area contributed by atoms with Gasteiger partial charge in [-0.2, -0.15) is 0 Å². The van der Waals surface area contributed by atoms with Gasteiger partial charge in [0, 0.05) is 36.5 Å². The van der Waals surface area contributed by atoms with E-state index in [1.807, 2.05) is 33.0 Å². The summed E-state index contributed by atoms with van der Waals surface area (Å²) < 4.78 is 5.48. The summed E-state index contributed by atoms with van der Waals surface area (Å²) in [5, 5.41) is 3.15. The molecule has 0 bridgehead atoms. The summed E-state index contributed by atoms with van der Waals surface area (Å²) in [5.41, 5.74) is 8.55. The van der Waals surface area contributed by atoms with Gasteiger partial charge >= 0.3 is 6.09 Å². The van der Waals surface area contributed by atoms with Crippen LogP contribution in [0.2, 0.25) is 0 Å². The number of nitrogens with one attached hydrogen (secondary N) is 2. The molecule has 0 radical (unpaired) electrons. The summed E-state index contributed by atoms with van der Waals surface area (Å²) in [6, 6.07) is 1.95. The second-order valence-corrected chi connectivity index (χ2v) is 7.24. The number of piperidine rings is 1. The molecule has 0 spiro atoms. The number of rotatable bonds is 1. The Morgan fingerprint density at radius 1 is 1.46 bits per heavy atom. The highest BCUT2D eigenvalue weighted by molar-refractivity contribution is 5.87. The number of nitrogens with two attached hydrogens (primary N) is 1. The Labute approximate surface area is 142 Å². The summed E-state index contributed by atoms with van der Waals surface area (Å²) in [5.74, 6) is 0.898. The smallest absolute Gasteiger partial charge is 0.410 e. The van der Waals surface area contributed by atoms with Gasteiger partial charge in [0.1, 0.15) is 11.4 Å². The van der Waals surface area contributed by atoms with Gasteiger partial charge in [-0.05, 0) is 39.7 Å². The van der Waals surface area contributed by atoms with Crippen molar-refractivity contribution in [2.24, 2.45) is 16.6 Å². The molecule has 1 fully saturated rings. The lowest BCUT2D eigenvalue weighted by molar-refractivity contribution is 0.0182. The van der Waals surface area contributed by atoms with Crippen LogP contribution in [0.5, 0.6) is 0 Å². The minimum atomic E-state index is -0.491. The third-order valence-electron chi connectivity index (χ3n) is 4.20. The molecule has 3 heterocycles. The molecule has 1 atom stereocenters. The lowest BCUT2D eigenvalue weighted by Gasteiger charge is -2.35. The largest absolute Gasteiger partial charge is 0.444 e. The molecule has 24 heavy (non-hydrogen) atoms. The van der Waals surface area contributed by atoms with Gasteiger partial charge in [-0.3, -0.25) is 0 Å². The van der Waals surface area contributed by atoms with E-state index < -0.39 is 5.60 Å². The number of aromatic nitrogens is 1. The van der Waals surface area contributed by atoms with E-state index in [-0.39, 0.29) is 12.0 Å². The summed E-state index contributed by atoms with van der Waals surface area (Å²) in [7, 11) is 0. The first kappa shape index (κ1) is 16.4. The summed E-state index contributed by atoms with van der Waals surface area (Å²) >= 11 is 0. The van der Waals surface area contributed by atoms with E-state index in [0.717, 1.165) is 35.6 Å². The standard InChI is InChI=1S/C17H25N5O2/c1-17(2,3)24-16(23)22-8-4-5-11(9-22)13(18)14-12-6-7-19-15(12)21-10-20-14/h6-7,10-11,19H,4-5,8-9,18H2,1-3H3,(H,20,21)/b14-13-. The second-order valence-electron chi connectivity index (χ2n) is 7.24. The fraction of sp³-hybridized carbons (Fsp3) is 0.529. The molecular formula is C17H25N5O2. The Kier molecular flexibility index (Phi) is 4.26. The van der Waals surface area contributed by atoms with Crippen LogP contribution in [-0.4, -0.2) is 41.0 Å². The average molecular weight is 331 g/mol. The van der Waals surface area contributed by atoms with E-state index in [4.69, 9.17) is 10.5 Å². The minimum absolute atomic E-state index is 0.100. The Morgan fingerprint density at radius 3 is 3.00 bits per heavy atom. The van der Waals surface area contributed by atoms with Crippen molar-refractivity contribution >= 4 is 23.9 Å². The zero-order chi connectivity index (χ0) is 17.3. The number of aromatic amines is 1. The molecule has 2 aliphatic rings. The van der Waals surface area contributed by atoms with Crippen molar-refractivity contribution in [1.82, 2.24) is 15.2 Å². The van der Waals surface area contributed by atoms with Gasteiger partial charge in [-0.25, -0.2) is 9.79 Å². The maximum Gasteiger partial charge on any atom is 0.410 e. The Bertz CT molecular complexity index is 683. The number of aliphatic imine (C=N–C) groups is 1. The van der Waals surface area contributed by atoms with Crippen molar-refractivity contribution in [1.29, 1.82) is 0 Å². The number of hydrogen-bond donors (Lipinski definition) is 3. The van der Waals surface area contributed by atoms with Crippen molar-refractivity contribution < 1.29 is 9.53 Å². The second kappa shape index (κ2) is 6.22. The first-order valence-corrected chi connectivity index (χ1v) is 8.29. The number of amides is 1. The molecule has 1 amide bonds. The highest BCUT2D eigenvalue weighted by Gasteiger charge is 2.30. The highest BCUT2D eigenvalue weighted by Crippen LogP contribution is 2.31. The monoisotopic (exact) mass is 331 g/mol. The SMILES string of the molecule is CC(C)(C)OC(=O)N1CCCC(/C(N)=C2/NC=Nc3[nH]ccc32)C1. The molecule has 0 aromatic carbocycles. The van der Waals surface area contributed by atoms with Crippen molar-refractivity contribution in [2.75, 3.05) is 13.1 Å². The normalized spacial score (nSPS) is 22.6. The third kappa shape index (κ3) is 3.39. The number of H-pyrrole nitrogens is 1. The molecule has 0 aliphatic carbocycles. The number of hydrogen-bond acceptors (Lipinski definition) is 5. The van der Waals surface area contributed by atoms with E-state index in [1.165, 1.54) is 0 Å². The van der Waals surface area contributed by atoms with E-state index >= 15 is 0 Å². The van der Waals surface area contributed by atoms with Crippen LogP contribution in [0.15, 0.2) is 23.0 Å². The van der Waals surface area contributed by atoms with Crippen LogP contribution in [0.4, 0.5) is 10.6 Å². The zero-order valence-corrected chi connectivity index (χ0v) is 14.4. The molecule has 1 saturated heterocycles. The van der Waals surface area contributed by atoms with Crippen molar-refractivity contribution in [3.63, 3.8) is 0 Å². The molecular weight excluding hydrogens is 306 g/mol. The molecule has 0 saturated carbocycles. The van der Waals surface area contributed by atoms with Gasteiger partial charge < -0.3 is 25.7 Å². The van der Waals surface area contributed by atoms with Gasteiger partial charge in [0.25, 0.3) is 0 Å². The van der Waals surface area contributed by atoms with E-state index in [9.17, 15) is 4.79 Å². The molecule has 1 aromatic heterocycles. The third-order valence-corrected chi connectivity index (χ3v) is 4.20. The molecule has 1 aromatic rings. The lowest BCUT2D eigenvalue weighted by atomic mass is 9.92. The molecule has 1 unspecified atom stereocenters. The number of nitrogens with zero attached hydrogens (tertiary/aromatic N) is 2. The summed E-state index contributed by atoms with van der Waals surface area (Å²) in [6.45, 7) is 6.91. The summed E-state index contributed by atoms with van der Waals surface area (Å²) in [6.07, 6.45) is 5.07. The molecule has 7 nitrogen and oxygen atoms in total. The van der Waals surface area contributed by atoms with Crippen LogP contribution in [0.3, 0.4) is 0 Å². The number of likely N-dealkylation sites (tertiary alicyclic amines) is 1. The Hall–Kier alpha value is -2.44. The Balaban J connectivity index is 1.77. The molecule has 7 heteroatoms. The number of carbonyl (C=O) groups is 1. The van der Waals surface area contributed by atoms with Crippen molar-refractivity contribution in [3.05, 3.63) is 23.5 Å². The van der Waals surface area contributed by atoms with Crippen molar-refractivity contribution in [3.8, 4) is 0 Å². The Morgan fingerprint density at radius 2 is 2.25 bits per heavy atom. The van der Waals surface area contributed by atoms with Crippen LogP contribution >= 0.6 is 0 Å². The number of fused-ring (bicyclic) bond motifs is 1. The predicted molar refractivity (Wildman–Crippen MR) is 93.7 cm³/mol. The highest BCUT2D eigenvalue weighted by atomic mass is 16.6. The predicted octanol–water partition coefficient (Wildman–Crippen LogP) is 2.55. The maximum absolute atomic E-state index is 12.3. The zero-order valence-electron chi connectivity index (χ0n) is 14.4. The van der Waals surface area contributed by atoms with Crippen LogP contribution in [0, 0.1) is 5.92 Å². The van der Waals surface area contributed by atoms with Gasteiger partial charge in [-0.15, -0.1) is 0 Å². The fourth-order valence-electron chi connectivity index (χ4n) is 3.07. The summed E-state index contributed by atoms with van der Waals surface area (Å²) in [4.78, 5) is 21.4. The lowest BCUT2D eigenvalue weighted by Crippen LogP contribution is -2.44. The van der Waals surface area contributed by atoms with Crippen LogP contribution in [0.25, 0.3) is 5.70 Å². The average Bonchev–Trinajstić information content (AvgIpc) is 3.01. The van der Waals surface area contributed by atoms with E-state index in [1.54, 1.807) is 11.2 Å². The first-order chi connectivity index (χ1) is 11.3.